The van der Waals surface area contributed by atoms with Crippen LogP contribution in [0.5, 0.6) is 5.75 Å². The average Bonchev–Trinajstić information content (AvgIpc) is 2.52. The average molecular weight is 278 g/mol. The highest BCUT2D eigenvalue weighted by molar-refractivity contribution is 6.23. The van der Waals surface area contributed by atoms with Crippen molar-refractivity contribution in [3.63, 3.8) is 0 Å². The quantitative estimate of drug-likeness (QED) is 0.847. The van der Waals surface area contributed by atoms with E-state index < -0.39 is 0 Å². The van der Waals surface area contributed by atoms with Crippen LogP contribution >= 0.6 is 0 Å². The minimum Gasteiger partial charge on any atom is -0.494 e. The Morgan fingerprint density at radius 3 is 2.86 bits per heavy atom. The summed E-state index contributed by atoms with van der Waals surface area (Å²) in [7, 11) is 1.62. The highest BCUT2D eigenvalue weighted by Gasteiger charge is 2.18. The summed E-state index contributed by atoms with van der Waals surface area (Å²) in [6, 6.07) is 9.46. The summed E-state index contributed by atoms with van der Waals surface area (Å²) in [5, 5.41) is 0. The molecule has 0 unspecified atom stereocenters. The van der Waals surface area contributed by atoms with Crippen LogP contribution in [0.15, 0.2) is 53.7 Å². The summed E-state index contributed by atoms with van der Waals surface area (Å²) in [5.41, 5.74) is 3.72. The number of hydrogen-bond donors (Lipinski definition) is 0. The van der Waals surface area contributed by atoms with E-state index in [-0.39, 0.29) is 5.78 Å². The van der Waals surface area contributed by atoms with E-state index in [1.165, 1.54) is 6.08 Å². The predicted molar refractivity (Wildman–Crippen MR) is 81.6 cm³/mol. The Bertz CT molecular complexity index is 776. The van der Waals surface area contributed by atoms with Gasteiger partial charge >= 0.3 is 0 Å². The first kappa shape index (κ1) is 13.2. The van der Waals surface area contributed by atoms with Gasteiger partial charge in [0.15, 0.2) is 0 Å². The van der Waals surface area contributed by atoms with E-state index in [0.717, 1.165) is 16.8 Å². The van der Waals surface area contributed by atoms with Crippen molar-refractivity contribution in [2.75, 3.05) is 7.11 Å². The molecule has 0 N–H and O–H groups in total. The topological polar surface area (TPSA) is 51.5 Å². The normalized spacial score (nSPS) is 15.1. The molecule has 1 aromatic heterocycles. The lowest BCUT2D eigenvalue weighted by Gasteiger charge is -2.12. The second kappa shape index (κ2) is 5.32. The first-order valence-corrected chi connectivity index (χ1v) is 6.60. The van der Waals surface area contributed by atoms with Crippen LogP contribution in [0.4, 0.5) is 5.69 Å². The van der Waals surface area contributed by atoms with Crippen molar-refractivity contribution < 1.29 is 9.53 Å². The van der Waals surface area contributed by atoms with Gasteiger partial charge < -0.3 is 4.74 Å². The van der Waals surface area contributed by atoms with Crippen molar-refractivity contribution in [3.8, 4) is 5.75 Å². The zero-order chi connectivity index (χ0) is 14.8. The van der Waals surface area contributed by atoms with E-state index in [1.807, 2.05) is 31.2 Å². The Hall–Kier alpha value is -2.75. The number of hydrogen-bond acceptors (Lipinski definition) is 4. The minimum absolute atomic E-state index is 0.0968. The molecule has 0 bridgehead atoms. The van der Waals surface area contributed by atoms with Gasteiger partial charge in [0.2, 0.25) is 5.78 Å². The number of aromatic nitrogens is 1. The van der Waals surface area contributed by atoms with Crippen LogP contribution in [0.1, 0.15) is 21.6 Å². The lowest BCUT2D eigenvalue weighted by atomic mass is 9.99. The van der Waals surface area contributed by atoms with Crippen molar-refractivity contribution in [3.05, 3.63) is 65.5 Å². The zero-order valence-electron chi connectivity index (χ0n) is 11.8. The molecule has 3 rings (SSSR count). The van der Waals surface area contributed by atoms with Gasteiger partial charge in [0.25, 0.3) is 0 Å². The van der Waals surface area contributed by atoms with Gasteiger partial charge in [-0.25, -0.2) is 4.99 Å². The van der Waals surface area contributed by atoms with Crippen molar-refractivity contribution in [1.29, 1.82) is 0 Å². The lowest BCUT2D eigenvalue weighted by molar-refractivity contribution is 0.104. The Labute approximate surface area is 122 Å². The molecule has 0 radical (unpaired) electrons. The first-order valence-electron chi connectivity index (χ1n) is 6.60. The molecule has 0 atom stereocenters. The third-order valence-electron chi connectivity index (χ3n) is 3.29. The number of ketones is 1. The molecule has 2 aromatic rings. The fourth-order valence-corrected chi connectivity index (χ4v) is 2.24. The molecule has 0 fully saturated rings. The van der Waals surface area contributed by atoms with Crippen molar-refractivity contribution in [2.45, 2.75) is 6.92 Å². The summed E-state index contributed by atoms with van der Waals surface area (Å²) in [6.07, 6.45) is 4.82. The monoisotopic (exact) mass is 278 g/mol. The molecule has 1 heterocycles. The van der Waals surface area contributed by atoms with E-state index in [2.05, 4.69) is 9.98 Å². The maximum absolute atomic E-state index is 11.8. The highest BCUT2D eigenvalue weighted by Crippen LogP contribution is 2.30. The summed E-state index contributed by atoms with van der Waals surface area (Å²) in [4.78, 5) is 20.6. The Balaban J connectivity index is 2.13. The van der Waals surface area contributed by atoms with Crippen LogP contribution in [0, 0.1) is 6.92 Å². The summed E-state index contributed by atoms with van der Waals surface area (Å²) < 4.78 is 5.36. The van der Waals surface area contributed by atoms with Crippen LogP contribution < -0.4 is 4.74 Å². The van der Waals surface area contributed by atoms with Gasteiger partial charge in [0.05, 0.1) is 12.8 Å². The molecular weight excluding hydrogens is 264 g/mol. The van der Waals surface area contributed by atoms with Gasteiger partial charge in [-0.2, -0.15) is 0 Å². The number of allylic oxidation sites excluding steroid dienone is 2. The van der Waals surface area contributed by atoms with Crippen LogP contribution in [0.25, 0.3) is 0 Å². The number of pyridine rings is 1. The number of benzene rings is 1. The molecule has 1 aromatic carbocycles. The number of ether oxygens (including phenoxy) is 1. The summed E-state index contributed by atoms with van der Waals surface area (Å²) >= 11 is 0. The molecule has 4 nitrogen and oxygen atoms in total. The van der Waals surface area contributed by atoms with Gasteiger partial charge in [0.1, 0.15) is 17.1 Å². The van der Waals surface area contributed by atoms with Crippen molar-refractivity contribution in [2.24, 2.45) is 4.99 Å². The third-order valence-corrected chi connectivity index (χ3v) is 3.29. The van der Waals surface area contributed by atoms with E-state index in [0.29, 0.717) is 17.2 Å². The van der Waals surface area contributed by atoms with Crippen LogP contribution in [0.3, 0.4) is 0 Å². The Morgan fingerprint density at radius 1 is 1.19 bits per heavy atom. The minimum atomic E-state index is -0.0968. The van der Waals surface area contributed by atoms with Gasteiger partial charge in [-0.3, -0.25) is 9.78 Å². The van der Waals surface area contributed by atoms with E-state index >= 15 is 0 Å². The first-order chi connectivity index (χ1) is 10.2. The molecule has 1 aliphatic carbocycles. The van der Waals surface area contributed by atoms with Crippen molar-refractivity contribution >= 4 is 17.2 Å². The molecule has 0 aliphatic heterocycles. The number of rotatable bonds is 2. The number of fused-ring (bicyclic) bond motifs is 1. The zero-order valence-corrected chi connectivity index (χ0v) is 11.8. The van der Waals surface area contributed by atoms with Crippen LogP contribution in [0.2, 0.25) is 0 Å². The number of aliphatic imine (C=N–C) groups is 1. The van der Waals surface area contributed by atoms with Gasteiger partial charge in [-0.05, 0) is 48.9 Å². The number of carbonyl (C=O) groups is 1. The predicted octanol–water partition coefficient (Wildman–Crippen LogP) is 3.27. The molecular formula is C17H14N2O2. The fraction of sp³-hybridized carbons (Fsp3) is 0.118. The third kappa shape index (κ3) is 2.48. The molecule has 104 valence electrons. The van der Waals surface area contributed by atoms with Crippen molar-refractivity contribution in [1.82, 2.24) is 4.98 Å². The van der Waals surface area contributed by atoms with Gasteiger partial charge in [-0.15, -0.1) is 0 Å². The largest absolute Gasteiger partial charge is 0.494 e. The molecule has 0 amide bonds. The summed E-state index contributed by atoms with van der Waals surface area (Å²) in [6.45, 7) is 2.00. The molecule has 21 heavy (non-hydrogen) atoms. The summed E-state index contributed by atoms with van der Waals surface area (Å²) in [5.74, 6) is 0.610. The second-order valence-corrected chi connectivity index (χ2v) is 4.77. The highest BCUT2D eigenvalue weighted by atomic mass is 16.5. The lowest BCUT2D eigenvalue weighted by Crippen LogP contribution is -2.13. The molecule has 0 saturated heterocycles. The Morgan fingerprint density at radius 2 is 2.05 bits per heavy atom. The van der Waals surface area contributed by atoms with Gasteiger partial charge in [0, 0.05) is 11.8 Å². The number of aryl methyl sites for hydroxylation is 1. The second-order valence-electron chi connectivity index (χ2n) is 4.77. The molecule has 4 heteroatoms. The number of carbonyl (C=O) groups excluding carboxylic acids is 1. The molecule has 0 spiro atoms. The van der Waals surface area contributed by atoms with E-state index in [4.69, 9.17) is 4.74 Å². The molecule has 0 saturated carbocycles. The van der Waals surface area contributed by atoms with Gasteiger partial charge in [-0.1, -0.05) is 6.07 Å². The van der Waals surface area contributed by atoms with E-state index in [9.17, 15) is 4.79 Å². The van der Waals surface area contributed by atoms with Crippen LogP contribution in [-0.4, -0.2) is 23.6 Å². The van der Waals surface area contributed by atoms with Crippen LogP contribution in [-0.2, 0) is 0 Å². The maximum Gasteiger partial charge on any atom is 0.204 e. The number of nitrogens with zero attached hydrogens (tertiary/aromatic N) is 2. The standard InChI is InChI=1S/C17H14N2O2/c1-11-5-6-14(16(10-11)21-2)19-13-7-8-15(20)17-12(13)4-3-9-18-17/h3-10H,1-2H3. The fourth-order valence-electron chi connectivity index (χ4n) is 2.24. The van der Waals surface area contributed by atoms with E-state index in [1.54, 1.807) is 25.4 Å². The number of methoxy groups -OCH3 is 1. The smallest absolute Gasteiger partial charge is 0.204 e. The maximum atomic E-state index is 11.8. The molecule has 1 aliphatic rings. The Kier molecular flexibility index (Phi) is 3.36. The SMILES string of the molecule is COc1cc(C)ccc1N=C1C=CC(=O)c2ncccc21.